The number of thioether (sulfide) groups is 1. The third-order valence-electron chi connectivity index (χ3n) is 4.84. The summed E-state index contributed by atoms with van der Waals surface area (Å²) in [5.74, 6) is -0.725. The Bertz CT molecular complexity index is 1380. The predicted octanol–water partition coefficient (Wildman–Crippen LogP) is 3.00. The molecule has 2 aromatic heterocycles. The largest absolute Gasteiger partial charge is 0.545 e. The number of nitrogens with zero attached hydrogens (tertiary/aromatic N) is 2. The Hall–Kier alpha value is -3.63. The Morgan fingerprint density at radius 3 is 2.53 bits per heavy atom. The van der Waals surface area contributed by atoms with Crippen LogP contribution >= 0.6 is 23.1 Å². The van der Waals surface area contributed by atoms with E-state index in [0.717, 1.165) is 23.1 Å². The van der Waals surface area contributed by atoms with Gasteiger partial charge in [0.1, 0.15) is 10.4 Å². The number of carboxylic acids is 1. The van der Waals surface area contributed by atoms with Crippen LogP contribution in [0.25, 0.3) is 10.2 Å². The maximum Gasteiger partial charge on any atom is 0.272 e. The van der Waals surface area contributed by atoms with E-state index < -0.39 is 5.97 Å². The van der Waals surface area contributed by atoms with Gasteiger partial charge in [-0.25, -0.2) is 4.98 Å². The highest BCUT2D eigenvalue weighted by Crippen LogP contribution is 2.22. The average molecular weight is 495 g/mol. The highest BCUT2D eigenvalue weighted by atomic mass is 32.2. The van der Waals surface area contributed by atoms with Crippen LogP contribution in [0, 0.1) is 0 Å². The molecule has 0 spiro atoms. The Morgan fingerprint density at radius 1 is 1.12 bits per heavy atom. The number of nitrogens with one attached hydrogen (secondary N) is 1. The van der Waals surface area contributed by atoms with E-state index in [2.05, 4.69) is 10.3 Å². The lowest BCUT2D eigenvalue weighted by molar-refractivity contribution is -0.255. The van der Waals surface area contributed by atoms with Crippen LogP contribution in [-0.2, 0) is 11.3 Å². The van der Waals surface area contributed by atoms with Crippen LogP contribution in [0.3, 0.4) is 0 Å². The Labute approximate surface area is 203 Å². The van der Waals surface area contributed by atoms with E-state index in [1.54, 1.807) is 47.8 Å². The van der Waals surface area contributed by atoms with Gasteiger partial charge in [-0.3, -0.25) is 14.2 Å². The fourth-order valence-electron chi connectivity index (χ4n) is 3.23. The quantitative estimate of drug-likeness (QED) is 0.281. The molecule has 0 unspecified atom stereocenters. The molecule has 0 aliphatic carbocycles. The van der Waals surface area contributed by atoms with Crippen molar-refractivity contribution >= 4 is 50.9 Å². The summed E-state index contributed by atoms with van der Waals surface area (Å²) in [4.78, 5) is 41.2. The van der Waals surface area contributed by atoms with Crippen molar-refractivity contribution in [3.8, 4) is 5.75 Å². The summed E-state index contributed by atoms with van der Waals surface area (Å²) in [5, 5.41) is 16.0. The average Bonchev–Trinajstić information content (AvgIpc) is 3.30. The number of fused-ring (bicyclic) bond motifs is 1. The molecule has 2 aromatic carbocycles. The van der Waals surface area contributed by atoms with Crippen molar-refractivity contribution in [2.75, 3.05) is 17.7 Å². The first-order valence-corrected chi connectivity index (χ1v) is 12.2. The van der Waals surface area contributed by atoms with E-state index in [1.807, 2.05) is 6.92 Å². The van der Waals surface area contributed by atoms with Crippen molar-refractivity contribution in [1.29, 1.82) is 0 Å². The first-order valence-electron chi connectivity index (χ1n) is 10.4. The molecule has 4 aromatic rings. The number of benzene rings is 2. The van der Waals surface area contributed by atoms with Gasteiger partial charge in [-0.2, -0.15) is 0 Å². The molecule has 34 heavy (non-hydrogen) atoms. The lowest BCUT2D eigenvalue weighted by atomic mass is 10.1. The number of anilines is 1. The minimum Gasteiger partial charge on any atom is -0.545 e. The minimum absolute atomic E-state index is 0.0545. The maximum atomic E-state index is 13.1. The molecule has 0 aliphatic heterocycles. The smallest absolute Gasteiger partial charge is 0.272 e. The van der Waals surface area contributed by atoms with E-state index >= 15 is 0 Å². The standard InChI is InChI=1S/C24H21N3O5S2/c1-2-32-18-9-7-17(8-10-18)25-20(28)14-34-24-26-19-11-12-33-21(19)22(29)27(24)13-15-3-5-16(6-4-15)23(30)31/h3-12H,2,13-14H2,1H3,(H,25,28)(H,30,31)/p-1. The van der Waals surface area contributed by atoms with Gasteiger partial charge in [0.15, 0.2) is 5.16 Å². The molecule has 1 amide bonds. The van der Waals surface area contributed by atoms with Crippen LogP contribution in [0.2, 0.25) is 0 Å². The zero-order valence-corrected chi connectivity index (χ0v) is 19.8. The number of hydrogen-bond donors (Lipinski definition) is 1. The Morgan fingerprint density at radius 2 is 1.85 bits per heavy atom. The third-order valence-corrected chi connectivity index (χ3v) is 6.71. The molecule has 2 heterocycles. The van der Waals surface area contributed by atoms with Crippen molar-refractivity contribution in [2.45, 2.75) is 18.6 Å². The van der Waals surface area contributed by atoms with E-state index in [-0.39, 0.29) is 29.3 Å². The van der Waals surface area contributed by atoms with Crippen LogP contribution < -0.4 is 20.7 Å². The summed E-state index contributed by atoms with van der Waals surface area (Å²) < 4.78 is 7.43. The SMILES string of the molecule is CCOc1ccc(NC(=O)CSc2nc3ccsc3c(=O)n2Cc2ccc(C(=O)[O-])cc2)cc1. The monoisotopic (exact) mass is 494 g/mol. The molecule has 174 valence electrons. The van der Waals surface area contributed by atoms with Crippen LogP contribution in [0.4, 0.5) is 5.69 Å². The number of ether oxygens (including phenoxy) is 1. The van der Waals surface area contributed by atoms with E-state index in [9.17, 15) is 19.5 Å². The second-order valence-electron chi connectivity index (χ2n) is 7.20. The molecule has 0 aliphatic rings. The highest BCUT2D eigenvalue weighted by Gasteiger charge is 2.15. The van der Waals surface area contributed by atoms with Crippen molar-refractivity contribution in [3.05, 3.63) is 81.5 Å². The van der Waals surface area contributed by atoms with Gasteiger partial charge in [-0.1, -0.05) is 36.0 Å². The van der Waals surface area contributed by atoms with Gasteiger partial charge in [-0.05, 0) is 53.8 Å². The molecule has 4 rings (SSSR count). The topological polar surface area (TPSA) is 113 Å². The van der Waals surface area contributed by atoms with Crippen LogP contribution in [0.15, 0.2) is 69.9 Å². The van der Waals surface area contributed by atoms with Crippen molar-refractivity contribution in [3.63, 3.8) is 0 Å². The number of thiophene rings is 1. The summed E-state index contributed by atoms with van der Waals surface area (Å²) in [5.41, 5.74) is 1.79. The molecule has 0 saturated carbocycles. The molecule has 10 heteroatoms. The number of hydrogen-bond acceptors (Lipinski definition) is 8. The molecule has 0 radical (unpaired) electrons. The van der Waals surface area contributed by atoms with Gasteiger partial charge in [0.25, 0.3) is 5.56 Å². The molecular weight excluding hydrogens is 474 g/mol. The minimum atomic E-state index is -1.26. The van der Waals surface area contributed by atoms with Gasteiger partial charge < -0.3 is 20.0 Å². The van der Waals surface area contributed by atoms with Gasteiger partial charge in [0.2, 0.25) is 5.91 Å². The fraction of sp³-hybridized carbons (Fsp3) is 0.167. The normalized spacial score (nSPS) is 10.9. The molecule has 0 bridgehead atoms. The van der Waals surface area contributed by atoms with Gasteiger partial charge >= 0.3 is 0 Å². The molecule has 0 fully saturated rings. The van der Waals surface area contributed by atoms with Crippen molar-refractivity contribution < 1.29 is 19.4 Å². The zero-order chi connectivity index (χ0) is 24.1. The van der Waals surface area contributed by atoms with Gasteiger partial charge in [0.05, 0.1) is 30.4 Å². The number of carboxylic acid groups (broad SMARTS) is 1. The molecule has 8 nitrogen and oxygen atoms in total. The maximum absolute atomic E-state index is 13.1. The van der Waals surface area contributed by atoms with E-state index in [4.69, 9.17) is 4.74 Å². The molecule has 0 atom stereocenters. The molecule has 1 N–H and O–H groups in total. The predicted molar refractivity (Wildman–Crippen MR) is 131 cm³/mol. The van der Waals surface area contributed by atoms with Crippen LogP contribution in [0.1, 0.15) is 22.8 Å². The second kappa shape index (κ2) is 10.5. The van der Waals surface area contributed by atoms with Crippen LogP contribution in [0.5, 0.6) is 5.75 Å². The number of aromatic nitrogens is 2. The second-order valence-corrected chi connectivity index (χ2v) is 9.06. The molecule has 0 saturated heterocycles. The van der Waals surface area contributed by atoms with E-state index in [1.165, 1.54) is 28.0 Å². The summed E-state index contributed by atoms with van der Waals surface area (Å²) in [6, 6.07) is 15.0. The van der Waals surface area contributed by atoms with Gasteiger partial charge in [0, 0.05) is 5.69 Å². The van der Waals surface area contributed by atoms with Crippen LogP contribution in [-0.4, -0.2) is 33.8 Å². The highest BCUT2D eigenvalue weighted by molar-refractivity contribution is 7.99. The summed E-state index contributed by atoms with van der Waals surface area (Å²) in [6.07, 6.45) is 0. The number of aromatic carboxylic acids is 1. The third kappa shape index (κ3) is 5.46. The van der Waals surface area contributed by atoms with Gasteiger partial charge in [-0.15, -0.1) is 11.3 Å². The fourth-order valence-corrected chi connectivity index (χ4v) is 4.81. The Kier molecular flexibility index (Phi) is 7.29. The summed E-state index contributed by atoms with van der Waals surface area (Å²) >= 11 is 2.46. The summed E-state index contributed by atoms with van der Waals surface area (Å²) in [7, 11) is 0. The lowest BCUT2D eigenvalue weighted by Crippen LogP contribution is -2.24. The van der Waals surface area contributed by atoms with Crippen molar-refractivity contribution in [2.24, 2.45) is 0 Å². The summed E-state index contributed by atoms with van der Waals surface area (Å²) in [6.45, 7) is 2.65. The Balaban J connectivity index is 1.52. The number of amides is 1. The number of carbonyl (C=O) groups is 2. The lowest BCUT2D eigenvalue weighted by Gasteiger charge is -2.13. The number of rotatable bonds is 9. The first kappa shape index (κ1) is 23.5. The van der Waals surface area contributed by atoms with Crippen molar-refractivity contribution in [1.82, 2.24) is 9.55 Å². The number of carbonyl (C=O) groups excluding carboxylic acids is 2. The zero-order valence-electron chi connectivity index (χ0n) is 18.1. The van der Waals surface area contributed by atoms with E-state index in [0.29, 0.717) is 27.7 Å². The molecular formula is C24H20N3O5S2-. The first-order chi connectivity index (χ1) is 16.4.